The molecule has 2 aromatic rings. The van der Waals surface area contributed by atoms with Gasteiger partial charge >= 0.3 is 5.97 Å². The molecule has 0 radical (unpaired) electrons. The van der Waals surface area contributed by atoms with Crippen molar-refractivity contribution in [2.75, 3.05) is 0 Å². The lowest BCUT2D eigenvalue weighted by Gasteiger charge is -2.26. The van der Waals surface area contributed by atoms with Crippen LogP contribution in [0.4, 0.5) is 4.39 Å². The summed E-state index contributed by atoms with van der Waals surface area (Å²) < 4.78 is 15.8. The summed E-state index contributed by atoms with van der Waals surface area (Å²) in [6.07, 6.45) is 4.99. The quantitative estimate of drug-likeness (QED) is 0.909. The first-order valence-corrected chi connectivity index (χ1v) is 7.76. The van der Waals surface area contributed by atoms with E-state index in [4.69, 9.17) is 10.8 Å². The summed E-state index contributed by atoms with van der Waals surface area (Å²) >= 11 is 0. The van der Waals surface area contributed by atoms with Crippen LogP contribution in [-0.2, 0) is 11.3 Å². The maximum atomic E-state index is 13.8. The number of benzene rings is 1. The molecule has 1 aliphatic carbocycles. The molecule has 0 atom stereocenters. The Morgan fingerprint density at radius 1 is 1.26 bits per heavy atom. The second kappa shape index (κ2) is 6.02. The van der Waals surface area contributed by atoms with E-state index in [1.54, 1.807) is 0 Å². The summed E-state index contributed by atoms with van der Waals surface area (Å²) in [6.45, 7) is 0.736. The van der Waals surface area contributed by atoms with Crippen molar-refractivity contribution in [1.29, 1.82) is 0 Å². The molecule has 3 N–H and O–H groups in total. The Hall–Kier alpha value is -2.37. The zero-order valence-corrected chi connectivity index (χ0v) is 12.7. The van der Waals surface area contributed by atoms with E-state index in [1.165, 1.54) is 12.1 Å². The number of carboxylic acid groups (broad SMARTS) is 1. The van der Waals surface area contributed by atoms with Crippen LogP contribution in [0, 0.1) is 17.7 Å². The molecule has 0 unspecified atom stereocenters. The third-order valence-electron chi connectivity index (χ3n) is 4.78. The minimum absolute atomic E-state index is 0.105. The molecule has 3 rings (SSSR count). The lowest BCUT2D eigenvalue weighted by Crippen LogP contribution is -2.23. The topological polar surface area (TPSA) is 85.3 Å². The van der Waals surface area contributed by atoms with E-state index in [0.717, 1.165) is 30.3 Å². The number of aromatic nitrogens is 1. The highest BCUT2D eigenvalue weighted by Crippen LogP contribution is 2.31. The average Bonchev–Trinajstić information content (AvgIpc) is 2.88. The molecule has 0 bridgehead atoms. The molecule has 1 saturated carbocycles. The molecule has 1 aromatic carbocycles. The van der Waals surface area contributed by atoms with Crippen molar-refractivity contribution in [2.45, 2.75) is 32.2 Å². The van der Waals surface area contributed by atoms with Crippen LogP contribution in [0.1, 0.15) is 36.0 Å². The number of hydrogen-bond donors (Lipinski definition) is 2. The Morgan fingerprint density at radius 2 is 1.96 bits per heavy atom. The van der Waals surface area contributed by atoms with Crippen LogP contribution in [0.3, 0.4) is 0 Å². The van der Waals surface area contributed by atoms with Crippen LogP contribution >= 0.6 is 0 Å². The van der Waals surface area contributed by atoms with E-state index in [9.17, 15) is 14.0 Å². The standard InChI is InChI=1S/C17H19FN2O3/c18-14-7-12-5-6-20(15(12)8-13(14)16(19)21)9-10-1-3-11(4-2-10)17(22)23/h5-8,10-11H,1-4,9H2,(H2,19,21)(H,22,23). The van der Waals surface area contributed by atoms with Crippen molar-refractivity contribution in [3.05, 3.63) is 35.8 Å². The Bertz CT molecular complexity index is 761. The highest BCUT2D eigenvalue weighted by atomic mass is 19.1. The van der Waals surface area contributed by atoms with Gasteiger partial charge in [-0.15, -0.1) is 0 Å². The first kappa shape index (κ1) is 15.5. The predicted molar refractivity (Wildman–Crippen MR) is 83.5 cm³/mol. The summed E-state index contributed by atoms with van der Waals surface area (Å²) in [5.74, 6) is -1.94. The highest BCUT2D eigenvalue weighted by molar-refractivity contribution is 5.97. The van der Waals surface area contributed by atoms with E-state index in [2.05, 4.69) is 0 Å². The number of amides is 1. The van der Waals surface area contributed by atoms with Gasteiger partial charge in [0.2, 0.25) is 0 Å². The third kappa shape index (κ3) is 3.06. The third-order valence-corrected chi connectivity index (χ3v) is 4.78. The van der Waals surface area contributed by atoms with E-state index in [0.29, 0.717) is 18.8 Å². The summed E-state index contributed by atoms with van der Waals surface area (Å²) in [5.41, 5.74) is 5.88. The summed E-state index contributed by atoms with van der Waals surface area (Å²) in [5, 5.41) is 9.78. The first-order chi connectivity index (χ1) is 11.0. The second-order valence-electron chi connectivity index (χ2n) is 6.28. The van der Waals surface area contributed by atoms with Crippen molar-refractivity contribution in [2.24, 2.45) is 17.6 Å². The van der Waals surface area contributed by atoms with Crippen LogP contribution < -0.4 is 5.73 Å². The van der Waals surface area contributed by atoms with Crippen LogP contribution in [0.15, 0.2) is 24.4 Å². The molecule has 1 fully saturated rings. The number of carboxylic acids is 1. The molecular weight excluding hydrogens is 299 g/mol. The van der Waals surface area contributed by atoms with Crippen molar-refractivity contribution >= 4 is 22.8 Å². The van der Waals surface area contributed by atoms with E-state index < -0.39 is 17.7 Å². The van der Waals surface area contributed by atoms with Gasteiger partial charge in [0, 0.05) is 23.6 Å². The Labute approximate surface area is 132 Å². The van der Waals surface area contributed by atoms with Crippen molar-refractivity contribution in [1.82, 2.24) is 4.57 Å². The predicted octanol–water partition coefficient (Wildman–Crippen LogP) is 2.77. The summed E-state index contributed by atoms with van der Waals surface area (Å²) in [6, 6.07) is 4.63. The van der Waals surface area contributed by atoms with Gasteiger partial charge in [0.25, 0.3) is 5.91 Å². The van der Waals surface area contributed by atoms with Gasteiger partial charge in [-0.3, -0.25) is 9.59 Å². The van der Waals surface area contributed by atoms with Gasteiger partial charge in [-0.25, -0.2) is 4.39 Å². The number of halogens is 1. The normalized spacial score (nSPS) is 21.4. The minimum atomic E-state index is -0.779. The van der Waals surface area contributed by atoms with Gasteiger partial charge < -0.3 is 15.4 Å². The average molecular weight is 318 g/mol. The Kier molecular flexibility index (Phi) is 4.07. The Balaban J connectivity index is 1.80. The SMILES string of the molecule is NC(=O)c1cc2c(ccn2CC2CCC(C(=O)O)CC2)cc1F. The molecular formula is C17H19FN2O3. The number of nitrogens with two attached hydrogens (primary N) is 1. The molecule has 5 nitrogen and oxygen atoms in total. The van der Waals surface area contributed by atoms with Gasteiger partial charge in [0.1, 0.15) is 5.82 Å². The number of carbonyl (C=O) groups excluding carboxylic acids is 1. The maximum Gasteiger partial charge on any atom is 0.306 e. The van der Waals surface area contributed by atoms with E-state index in [1.807, 2.05) is 16.8 Å². The highest BCUT2D eigenvalue weighted by Gasteiger charge is 2.26. The lowest BCUT2D eigenvalue weighted by atomic mass is 9.82. The van der Waals surface area contributed by atoms with Crippen LogP contribution in [0.2, 0.25) is 0 Å². The molecule has 1 aliphatic rings. The van der Waals surface area contributed by atoms with E-state index in [-0.39, 0.29) is 11.5 Å². The molecule has 1 heterocycles. The number of hydrogen-bond acceptors (Lipinski definition) is 2. The molecule has 0 aliphatic heterocycles. The van der Waals surface area contributed by atoms with Crippen molar-refractivity contribution in [3.63, 3.8) is 0 Å². The molecule has 6 heteroatoms. The number of nitrogens with zero attached hydrogens (tertiary/aromatic N) is 1. The number of fused-ring (bicyclic) bond motifs is 1. The fourth-order valence-electron chi connectivity index (χ4n) is 3.43. The molecule has 1 aromatic heterocycles. The van der Waals surface area contributed by atoms with Gasteiger partial charge in [-0.1, -0.05) is 0 Å². The van der Waals surface area contributed by atoms with Gasteiger partial charge in [-0.05, 0) is 49.8 Å². The number of aliphatic carboxylic acids is 1. The molecule has 0 saturated heterocycles. The largest absolute Gasteiger partial charge is 0.481 e. The molecule has 23 heavy (non-hydrogen) atoms. The number of carbonyl (C=O) groups is 2. The fraction of sp³-hybridized carbons (Fsp3) is 0.412. The fourth-order valence-corrected chi connectivity index (χ4v) is 3.43. The van der Waals surface area contributed by atoms with Crippen molar-refractivity contribution < 1.29 is 19.1 Å². The summed E-state index contributed by atoms with van der Waals surface area (Å²) in [7, 11) is 0. The van der Waals surface area contributed by atoms with Gasteiger partial charge in [0.05, 0.1) is 11.5 Å². The van der Waals surface area contributed by atoms with Crippen LogP contribution in [-0.4, -0.2) is 21.6 Å². The summed E-state index contributed by atoms with van der Waals surface area (Å²) in [4.78, 5) is 22.3. The zero-order valence-electron chi connectivity index (χ0n) is 12.7. The Morgan fingerprint density at radius 3 is 2.57 bits per heavy atom. The van der Waals surface area contributed by atoms with Crippen LogP contribution in [0.5, 0.6) is 0 Å². The van der Waals surface area contributed by atoms with Crippen LogP contribution in [0.25, 0.3) is 10.9 Å². The maximum absolute atomic E-state index is 13.8. The van der Waals surface area contributed by atoms with E-state index >= 15 is 0 Å². The van der Waals surface area contributed by atoms with Gasteiger partial charge in [0.15, 0.2) is 0 Å². The van der Waals surface area contributed by atoms with Crippen molar-refractivity contribution in [3.8, 4) is 0 Å². The second-order valence-corrected chi connectivity index (χ2v) is 6.28. The number of primary amides is 1. The molecule has 1 amide bonds. The lowest BCUT2D eigenvalue weighted by molar-refractivity contribution is -0.143. The molecule has 122 valence electrons. The zero-order chi connectivity index (χ0) is 16.6. The molecule has 0 spiro atoms. The number of rotatable bonds is 4. The monoisotopic (exact) mass is 318 g/mol. The minimum Gasteiger partial charge on any atom is -0.481 e. The first-order valence-electron chi connectivity index (χ1n) is 7.76. The smallest absolute Gasteiger partial charge is 0.306 e. The van der Waals surface area contributed by atoms with Gasteiger partial charge in [-0.2, -0.15) is 0 Å².